The van der Waals surface area contributed by atoms with Crippen LogP contribution in [0.5, 0.6) is 0 Å². The summed E-state index contributed by atoms with van der Waals surface area (Å²) in [6.07, 6.45) is 15.1. The molecule has 0 atom stereocenters. The summed E-state index contributed by atoms with van der Waals surface area (Å²) in [7, 11) is 0. The number of rotatable bonds is 18. The van der Waals surface area contributed by atoms with Crippen molar-refractivity contribution in [1.82, 2.24) is 0 Å². The van der Waals surface area contributed by atoms with Gasteiger partial charge >= 0.3 is 0 Å². The van der Waals surface area contributed by atoms with Gasteiger partial charge in [-0.3, -0.25) is 9.59 Å². The fourth-order valence-electron chi connectivity index (χ4n) is 3.66. The van der Waals surface area contributed by atoms with Crippen LogP contribution in [0.25, 0.3) is 0 Å². The van der Waals surface area contributed by atoms with Crippen LogP contribution in [0.1, 0.15) is 131 Å². The first-order chi connectivity index (χ1) is 12.4. The number of carbonyl (C=O) groups is 2. The molecule has 0 amide bonds. The van der Waals surface area contributed by atoms with E-state index in [1.165, 1.54) is 44.9 Å². The lowest BCUT2D eigenvalue weighted by molar-refractivity contribution is -0.120. The van der Waals surface area contributed by atoms with E-state index in [2.05, 4.69) is 34.6 Å². The molecule has 2 heteroatoms. The van der Waals surface area contributed by atoms with Gasteiger partial charge in [-0.2, -0.15) is 0 Å². The highest BCUT2D eigenvalue weighted by Crippen LogP contribution is 2.31. The van der Waals surface area contributed by atoms with Crippen LogP contribution in [0.15, 0.2) is 0 Å². The van der Waals surface area contributed by atoms with Crippen molar-refractivity contribution in [2.24, 2.45) is 11.3 Å². The quantitative estimate of drug-likeness (QED) is 0.233. The van der Waals surface area contributed by atoms with Crippen LogP contribution >= 0.6 is 0 Å². The molecule has 0 aliphatic carbocycles. The third-order valence-corrected chi connectivity index (χ3v) is 6.58. The molecule has 2 nitrogen and oxygen atoms in total. The molecule has 26 heavy (non-hydrogen) atoms. The maximum atomic E-state index is 12.0. The van der Waals surface area contributed by atoms with Gasteiger partial charge in [0, 0.05) is 25.7 Å². The minimum atomic E-state index is 0.348. The molecule has 0 bridgehead atoms. The van der Waals surface area contributed by atoms with Crippen LogP contribution in [0, 0.1) is 11.3 Å². The maximum absolute atomic E-state index is 12.0. The Kier molecular flexibility index (Phi) is 15.0. The second-order valence-corrected chi connectivity index (χ2v) is 8.58. The van der Waals surface area contributed by atoms with Gasteiger partial charge in [0.25, 0.3) is 0 Å². The summed E-state index contributed by atoms with van der Waals surface area (Å²) in [5.41, 5.74) is 0.448. The molecule has 0 aromatic rings. The highest BCUT2D eigenvalue weighted by molar-refractivity contribution is 5.81. The lowest BCUT2D eigenvalue weighted by atomic mass is 9.80. The van der Waals surface area contributed by atoms with Gasteiger partial charge in [-0.25, -0.2) is 0 Å². The smallest absolute Gasteiger partial charge is 0.132 e. The largest absolute Gasteiger partial charge is 0.300 e. The Morgan fingerprint density at radius 1 is 0.692 bits per heavy atom. The zero-order chi connectivity index (χ0) is 19.8. The Bertz CT molecular complexity index is 364. The van der Waals surface area contributed by atoms with E-state index in [0.29, 0.717) is 42.7 Å². The number of ketones is 2. The monoisotopic (exact) mass is 366 g/mol. The van der Waals surface area contributed by atoms with E-state index < -0.39 is 0 Å². The molecule has 0 N–H and O–H groups in total. The molecular weight excluding hydrogens is 320 g/mol. The Morgan fingerprint density at radius 2 is 1.15 bits per heavy atom. The molecule has 0 saturated heterocycles. The van der Waals surface area contributed by atoms with E-state index in [1.54, 1.807) is 0 Å². The van der Waals surface area contributed by atoms with Gasteiger partial charge in [0.1, 0.15) is 11.6 Å². The van der Waals surface area contributed by atoms with Crippen LogP contribution in [0.3, 0.4) is 0 Å². The van der Waals surface area contributed by atoms with Gasteiger partial charge in [-0.1, -0.05) is 79.6 Å². The van der Waals surface area contributed by atoms with Crippen LogP contribution in [-0.2, 0) is 9.59 Å². The molecule has 0 rings (SSSR count). The molecule has 0 saturated carbocycles. The zero-order valence-corrected chi connectivity index (χ0v) is 18.5. The van der Waals surface area contributed by atoms with Crippen molar-refractivity contribution in [2.75, 3.05) is 0 Å². The van der Waals surface area contributed by atoms with Crippen molar-refractivity contribution in [3.63, 3.8) is 0 Å². The lowest BCUT2D eigenvalue weighted by Gasteiger charge is -2.26. The van der Waals surface area contributed by atoms with Crippen molar-refractivity contribution < 1.29 is 9.59 Å². The van der Waals surface area contributed by atoms with Gasteiger partial charge in [0.15, 0.2) is 0 Å². The third kappa shape index (κ3) is 12.7. The summed E-state index contributed by atoms with van der Waals surface area (Å²) in [5, 5.41) is 0. The second kappa shape index (κ2) is 15.4. The third-order valence-electron chi connectivity index (χ3n) is 6.58. The average molecular weight is 367 g/mol. The van der Waals surface area contributed by atoms with Crippen molar-refractivity contribution in [2.45, 2.75) is 131 Å². The van der Waals surface area contributed by atoms with E-state index >= 15 is 0 Å². The number of carbonyl (C=O) groups excluding carboxylic acids is 2. The fraction of sp³-hybridized carbons (Fsp3) is 0.917. The Balaban J connectivity index is 3.64. The predicted molar refractivity (Wildman–Crippen MR) is 114 cm³/mol. The highest BCUT2D eigenvalue weighted by atomic mass is 16.1. The molecule has 0 aromatic heterocycles. The number of hydrogen-bond acceptors (Lipinski definition) is 2. The van der Waals surface area contributed by atoms with E-state index in [9.17, 15) is 9.59 Å². The molecule has 0 radical (unpaired) electrons. The Labute approximate surface area is 163 Å². The van der Waals surface area contributed by atoms with E-state index in [1.807, 2.05) is 0 Å². The van der Waals surface area contributed by atoms with Gasteiger partial charge < -0.3 is 0 Å². The first-order valence-corrected chi connectivity index (χ1v) is 11.4. The summed E-state index contributed by atoms with van der Waals surface area (Å²) in [6.45, 7) is 11.4. The van der Waals surface area contributed by atoms with Crippen molar-refractivity contribution >= 4 is 11.6 Å². The summed E-state index contributed by atoms with van der Waals surface area (Å²) < 4.78 is 0. The van der Waals surface area contributed by atoms with Gasteiger partial charge in [0.2, 0.25) is 0 Å². The molecule has 0 unspecified atom stereocenters. The van der Waals surface area contributed by atoms with Crippen LogP contribution in [0.2, 0.25) is 0 Å². The SMILES string of the molecule is CCC(CC)CCCCC(=O)CCCC(=O)CCCCC(C)(CC)CC. The molecule has 0 heterocycles. The Morgan fingerprint density at radius 3 is 1.62 bits per heavy atom. The van der Waals surface area contributed by atoms with Crippen LogP contribution in [-0.4, -0.2) is 11.6 Å². The zero-order valence-electron chi connectivity index (χ0n) is 18.5. The first-order valence-electron chi connectivity index (χ1n) is 11.4. The topological polar surface area (TPSA) is 34.1 Å². The van der Waals surface area contributed by atoms with Gasteiger partial charge in [-0.05, 0) is 37.0 Å². The van der Waals surface area contributed by atoms with E-state index in [4.69, 9.17) is 0 Å². The summed E-state index contributed by atoms with van der Waals surface area (Å²) >= 11 is 0. The molecule has 0 aliphatic rings. The second-order valence-electron chi connectivity index (χ2n) is 8.58. The van der Waals surface area contributed by atoms with Crippen LogP contribution < -0.4 is 0 Å². The van der Waals surface area contributed by atoms with Crippen molar-refractivity contribution in [3.05, 3.63) is 0 Å². The van der Waals surface area contributed by atoms with Gasteiger partial charge in [0.05, 0.1) is 0 Å². The fourth-order valence-corrected chi connectivity index (χ4v) is 3.66. The molecule has 0 fully saturated rings. The molecule has 154 valence electrons. The van der Waals surface area contributed by atoms with E-state index in [0.717, 1.165) is 31.6 Å². The molecular formula is C24H46O2. The van der Waals surface area contributed by atoms with Gasteiger partial charge in [-0.15, -0.1) is 0 Å². The molecule has 0 spiro atoms. The highest BCUT2D eigenvalue weighted by Gasteiger charge is 2.18. The summed E-state index contributed by atoms with van der Waals surface area (Å²) in [5.74, 6) is 1.53. The van der Waals surface area contributed by atoms with Crippen LogP contribution in [0.4, 0.5) is 0 Å². The minimum Gasteiger partial charge on any atom is -0.300 e. The normalized spacial score (nSPS) is 11.9. The number of Topliss-reactive ketones (excluding diaryl/α,β-unsaturated/α-hetero) is 2. The minimum absolute atomic E-state index is 0.348. The summed E-state index contributed by atoms with van der Waals surface area (Å²) in [6, 6.07) is 0. The molecule has 0 aromatic carbocycles. The summed E-state index contributed by atoms with van der Waals surface area (Å²) in [4.78, 5) is 23.9. The predicted octanol–water partition coefficient (Wildman–Crippen LogP) is 7.68. The number of unbranched alkanes of at least 4 members (excludes halogenated alkanes) is 2. The maximum Gasteiger partial charge on any atom is 0.132 e. The van der Waals surface area contributed by atoms with Crippen molar-refractivity contribution in [3.8, 4) is 0 Å². The van der Waals surface area contributed by atoms with Crippen molar-refractivity contribution in [1.29, 1.82) is 0 Å². The number of hydrogen-bond donors (Lipinski definition) is 0. The molecule has 0 aliphatic heterocycles. The average Bonchev–Trinajstić information content (AvgIpc) is 2.65. The van der Waals surface area contributed by atoms with E-state index in [-0.39, 0.29) is 0 Å². The first kappa shape index (κ1) is 25.3. The Hall–Kier alpha value is -0.660. The lowest BCUT2D eigenvalue weighted by Crippen LogP contribution is -2.13. The standard InChI is InChI=1S/C24H46O2/c1-6-21(7-2)15-10-11-16-22(25)18-14-19-23(26)17-12-13-20-24(5,8-3)9-4/h21H,6-20H2,1-5H3.